The molecule has 0 spiro atoms. The average Bonchev–Trinajstić information content (AvgIpc) is 3.24. The lowest BCUT2D eigenvalue weighted by atomic mass is 9.88. The van der Waals surface area contributed by atoms with Crippen LogP contribution in [-0.2, 0) is 16.1 Å². The Morgan fingerprint density at radius 1 is 1.12 bits per heavy atom. The number of aromatic hydroxyl groups is 1. The van der Waals surface area contributed by atoms with Gasteiger partial charge in [0.2, 0.25) is 11.9 Å². The summed E-state index contributed by atoms with van der Waals surface area (Å²) in [7, 11) is 0. The second-order valence-electron chi connectivity index (χ2n) is 12.2. The number of nitrogens with zero attached hydrogens (tertiary/aromatic N) is 4. The first-order valence-electron chi connectivity index (χ1n) is 14.5. The molecule has 1 aliphatic rings. The van der Waals surface area contributed by atoms with Crippen molar-refractivity contribution in [3.63, 3.8) is 0 Å². The summed E-state index contributed by atoms with van der Waals surface area (Å²) in [5.41, 5.74) is 4.14. The third-order valence-electron chi connectivity index (χ3n) is 7.80. The number of hydrogen-bond acceptors (Lipinski definition) is 7. The van der Waals surface area contributed by atoms with Crippen molar-refractivity contribution >= 4 is 45.5 Å². The number of fused-ring (bicyclic) bond motifs is 1. The van der Waals surface area contributed by atoms with Gasteiger partial charge in [-0.15, -0.1) is 0 Å². The van der Waals surface area contributed by atoms with E-state index >= 15 is 0 Å². The molecule has 2 aromatic heterocycles. The molecule has 3 N–H and O–H groups in total. The maximum absolute atomic E-state index is 12.8. The van der Waals surface area contributed by atoms with Crippen LogP contribution < -0.4 is 10.6 Å². The van der Waals surface area contributed by atoms with Crippen molar-refractivity contribution in [2.24, 2.45) is 5.41 Å². The van der Waals surface area contributed by atoms with E-state index in [0.717, 1.165) is 60.7 Å². The number of piperidine rings is 1. The molecule has 1 aromatic carbocycles. The molecule has 1 amide bonds. The number of alkyl halides is 1. The van der Waals surface area contributed by atoms with E-state index in [2.05, 4.69) is 66.7 Å². The molecule has 3 heterocycles. The Kier molecular flexibility index (Phi) is 10.2. The number of benzene rings is 1. The topological polar surface area (TPSA) is 105 Å². The number of anilines is 1. The predicted octanol–water partition coefficient (Wildman–Crippen LogP) is 5.40. The van der Waals surface area contributed by atoms with E-state index in [9.17, 15) is 9.90 Å². The van der Waals surface area contributed by atoms with Crippen molar-refractivity contribution in [3.8, 4) is 5.75 Å². The molecule has 3 aromatic rings. The number of rotatable bonds is 12. The van der Waals surface area contributed by atoms with Crippen LogP contribution in [0.2, 0.25) is 0 Å². The van der Waals surface area contributed by atoms with Crippen LogP contribution in [0.1, 0.15) is 63.9 Å². The quantitative estimate of drug-likeness (QED) is 0.175. The smallest absolute Gasteiger partial charge is 0.225 e. The number of amides is 1. The fourth-order valence-electron chi connectivity index (χ4n) is 5.14. The number of imidazole rings is 1. The summed E-state index contributed by atoms with van der Waals surface area (Å²) in [4.78, 5) is 24.8. The second-order valence-corrected chi connectivity index (χ2v) is 14.8. The molecule has 0 unspecified atom stereocenters. The van der Waals surface area contributed by atoms with Crippen LogP contribution in [-0.4, -0.2) is 72.9 Å². The lowest BCUT2D eigenvalue weighted by Crippen LogP contribution is -2.45. The fraction of sp³-hybridized carbons (Fsp3) is 0.581. The molecular weight excluding hydrogens is 631 g/mol. The summed E-state index contributed by atoms with van der Waals surface area (Å²) in [6, 6.07) is 10.00. The van der Waals surface area contributed by atoms with Gasteiger partial charge in [-0.3, -0.25) is 9.78 Å². The first-order valence-corrected chi connectivity index (χ1v) is 15.6. The highest BCUT2D eigenvalue weighted by atomic mass is 127. The summed E-state index contributed by atoms with van der Waals surface area (Å²) in [6.07, 6.45) is 2.66. The van der Waals surface area contributed by atoms with E-state index in [1.54, 1.807) is 6.07 Å². The number of nitrogens with one attached hydrogen (secondary N) is 2. The van der Waals surface area contributed by atoms with Gasteiger partial charge in [-0.05, 0) is 93.3 Å². The maximum atomic E-state index is 12.8. The van der Waals surface area contributed by atoms with E-state index in [-0.39, 0.29) is 21.3 Å². The molecule has 0 radical (unpaired) electrons. The number of likely N-dealkylation sites (tertiary alicyclic amines) is 1. The van der Waals surface area contributed by atoms with Gasteiger partial charge < -0.3 is 29.9 Å². The van der Waals surface area contributed by atoms with Crippen LogP contribution in [0.4, 0.5) is 5.95 Å². The van der Waals surface area contributed by atoms with Gasteiger partial charge in [-0.25, -0.2) is 4.98 Å². The van der Waals surface area contributed by atoms with Gasteiger partial charge in [0.15, 0.2) is 0 Å². The lowest BCUT2D eigenvalue weighted by molar-refractivity contribution is -0.130. The Bertz CT molecular complexity index is 1340. The number of carbonyl (C=O) groups is 1. The van der Waals surface area contributed by atoms with Crippen LogP contribution in [0.5, 0.6) is 5.75 Å². The zero-order valence-corrected chi connectivity index (χ0v) is 27.4. The van der Waals surface area contributed by atoms with Gasteiger partial charge in [0, 0.05) is 49.9 Å². The van der Waals surface area contributed by atoms with Crippen molar-refractivity contribution in [2.45, 2.75) is 77.0 Å². The lowest BCUT2D eigenvalue weighted by Gasteiger charge is -2.33. The molecule has 4 rings (SSSR count). The molecule has 10 heteroatoms. The highest BCUT2D eigenvalue weighted by Crippen LogP contribution is 2.28. The van der Waals surface area contributed by atoms with Crippen LogP contribution in [0.15, 0.2) is 30.3 Å². The van der Waals surface area contributed by atoms with E-state index in [0.29, 0.717) is 31.8 Å². The molecule has 1 aliphatic heterocycles. The molecule has 41 heavy (non-hydrogen) atoms. The van der Waals surface area contributed by atoms with E-state index in [4.69, 9.17) is 9.72 Å². The zero-order valence-electron chi connectivity index (χ0n) is 25.3. The van der Waals surface area contributed by atoms with Crippen molar-refractivity contribution in [1.82, 2.24) is 24.8 Å². The standard InChI is InChI=1S/C31H45IN6O3/c1-21-8-7-9-25-27(21)36-29(38(25)20-24-26(39)11-10-22(2)34-24)35-23-12-16-37(17-13-23)18-15-33-28(40)30(3,4)14-19-41-31(5,6)32/h7-11,23,39H,12-20H2,1-6H3,(H,33,40)(H,35,36). The third kappa shape index (κ3) is 8.54. The average molecular weight is 677 g/mol. The van der Waals surface area contributed by atoms with E-state index in [1.165, 1.54) is 0 Å². The predicted molar refractivity (Wildman–Crippen MR) is 173 cm³/mol. The largest absolute Gasteiger partial charge is 0.506 e. The van der Waals surface area contributed by atoms with Gasteiger partial charge in [0.1, 0.15) is 15.1 Å². The molecule has 9 nitrogen and oxygen atoms in total. The van der Waals surface area contributed by atoms with Crippen LogP contribution in [0, 0.1) is 19.3 Å². The molecule has 0 saturated carbocycles. The van der Waals surface area contributed by atoms with Crippen molar-refractivity contribution in [2.75, 3.05) is 38.1 Å². The number of aromatic nitrogens is 3. The summed E-state index contributed by atoms with van der Waals surface area (Å²) in [6.45, 7) is 16.4. The highest BCUT2D eigenvalue weighted by Gasteiger charge is 2.28. The zero-order chi connectivity index (χ0) is 29.8. The molecule has 1 saturated heterocycles. The number of pyridine rings is 1. The van der Waals surface area contributed by atoms with Gasteiger partial charge in [0.05, 0.1) is 17.6 Å². The fourth-order valence-corrected chi connectivity index (χ4v) is 5.36. The van der Waals surface area contributed by atoms with Gasteiger partial charge in [-0.2, -0.15) is 0 Å². The Hall–Kier alpha value is -2.44. The monoisotopic (exact) mass is 676 g/mol. The number of para-hydroxylation sites is 1. The maximum Gasteiger partial charge on any atom is 0.225 e. The third-order valence-corrected chi connectivity index (χ3v) is 8.11. The van der Waals surface area contributed by atoms with Gasteiger partial charge >= 0.3 is 0 Å². The Labute approximate surface area is 257 Å². The first-order chi connectivity index (χ1) is 19.3. The van der Waals surface area contributed by atoms with Gasteiger partial charge in [0.25, 0.3) is 0 Å². The molecule has 0 atom stereocenters. The van der Waals surface area contributed by atoms with Crippen LogP contribution in [0.25, 0.3) is 11.0 Å². The molecular formula is C31H45IN6O3. The van der Waals surface area contributed by atoms with Crippen LogP contribution in [0.3, 0.4) is 0 Å². The van der Waals surface area contributed by atoms with Crippen molar-refractivity contribution in [1.29, 1.82) is 0 Å². The Balaban J connectivity index is 1.31. The van der Waals surface area contributed by atoms with E-state index < -0.39 is 5.41 Å². The number of carbonyl (C=O) groups excluding carboxylic acids is 1. The second kappa shape index (κ2) is 13.2. The summed E-state index contributed by atoms with van der Waals surface area (Å²) in [5.74, 6) is 1.07. The SMILES string of the molecule is Cc1ccc(O)c(Cn2c(NC3CCN(CCNC(=O)C(C)(C)CCOC(C)(C)I)CC3)nc3c(C)cccc32)n1. The summed E-state index contributed by atoms with van der Waals surface area (Å²) >= 11 is 2.26. The molecule has 224 valence electrons. The number of hydrogen-bond donors (Lipinski definition) is 3. The minimum atomic E-state index is -0.465. The molecule has 0 aliphatic carbocycles. The number of halogens is 1. The minimum Gasteiger partial charge on any atom is -0.506 e. The summed E-state index contributed by atoms with van der Waals surface area (Å²) < 4.78 is 7.71. The first kappa shape index (κ1) is 31.5. The molecule has 1 fully saturated rings. The van der Waals surface area contributed by atoms with Gasteiger partial charge in [-0.1, -0.05) is 26.0 Å². The van der Waals surface area contributed by atoms with Crippen molar-refractivity contribution < 1.29 is 14.6 Å². The summed E-state index contributed by atoms with van der Waals surface area (Å²) in [5, 5.41) is 17.3. The van der Waals surface area contributed by atoms with Crippen molar-refractivity contribution in [3.05, 3.63) is 47.3 Å². The normalized spacial score (nSPS) is 15.4. The Morgan fingerprint density at radius 3 is 2.56 bits per heavy atom. The highest BCUT2D eigenvalue weighted by molar-refractivity contribution is 14.1. The number of aryl methyl sites for hydroxylation is 2. The van der Waals surface area contributed by atoms with Crippen LogP contribution >= 0.6 is 22.6 Å². The van der Waals surface area contributed by atoms with E-state index in [1.807, 2.05) is 46.8 Å². The number of ether oxygens (including phenoxy) is 1. The Morgan fingerprint density at radius 2 is 1.85 bits per heavy atom. The molecule has 0 bridgehead atoms. The minimum absolute atomic E-state index is 0.0762.